The quantitative estimate of drug-likeness (QED) is 0.898. The molecule has 1 fully saturated rings. The molecule has 0 bridgehead atoms. The molecule has 2 rings (SSSR count). The van der Waals surface area contributed by atoms with Gasteiger partial charge in [-0.2, -0.15) is 0 Å². The number of thiazole rings is 1. The van der Waals surface area contributed by atoms with E-state index < -0.39 is 0 Å². The summed E-state index contributed by atoms with van der Waals surface area (Å²) in [6.07, 6.45) is 0.995. The second kappa shape index (κ2) is 6.65. The lowest BCUT2D eigenvalue weighted by molar-refractivity contribution is -0.0169. The first-order chi connectivity index (χ1) is 9.57. The lowest BCUT2D eigenvalue weighted by atomic mass is 9.95. The fourth-order valence-electron chi connectivity index (χ4n) is 2.43. The van der Waals surface area contributed by atoms with Crippen molar-refractivity contribution in [2.75, 3.05) is 32.8 Å². The van der Waals surface area contributed by atoms with Crippen molar-refractivity contribution >= 4 is 17.2 Å². The standard InChI is InChI=1S/C14H23N3O2S/c1-4-14(3,17-5-7-19-8-6-17)9-15-13(18)12-11(2)16-10-20-12/h10H,4-9H2,1-3H3,(H,15,18)/t14-/m0/s1. The maximum Gasteiger partial charge on any atom is 0.263 e. The van der Waals surface area contributed by atoms with E-state index in [2.05, 4.69) is 29.0 Å². The van der Waals surface area contributed by atoms with Gasteiger partial charge < -0.3 is 10.1 Å². The van der Waals surface area contributed by atoms with Crippen LogP contribution in [0.5, 0.6) is 0 Å². The van der Waals surface area contributed by atoms with E-state index in [1.165, 1.54) is 11.3 Å². The highest BCUT2D eigenvalue weighted by Crippen LogP contribution is 2.20. The van der Waals surface area contributed by atoms with Crippen molar-refractivity contribution in [1.29, 1.82) is 0 Å². The molecule has 1 atom stereocenters. The minimum atomic E-state index is -0.0158. The van der Waals surface area contributed by atoms with Gasteiger partial charge in [0.15, 0.2) is 0 Å². The number of aryl methyl sites for hydroxylation is 1. The second-order valence-corrected chi connectivity index (χ2v) is 6.25. The maximum absolute atomic E-state index is 12.2. The molecule has 1 N–H and O–H groups in total. The molecular formula is C14H23N3O2S. The van der Waals surface area contributed by atoms with Gasteiger partial charge in [-0.1, -0.05) is 6.92 Å². The number of rotatable bonds is 5. The zero-order chi connectivity index (χ0) is 14.6. The summed E-state index contributed by atoms with van der Waals surface area (Å²) in [7, 11) is 0. The van der Waals surface area contributed by atoms with E-state index >= 15 is 0 Å². The molecule has 0 aliphatic carbocycles. The second-order valence-electron chi connectivity index (χ2n) is 5.40. The fraction of sp³-hybridized carbons (Fsp3) is 0.714. The number of hydrogen-bond donors (Lipinski definition) is 1. The minimum Gasteiger partial charge on any atom is -0.379 e. The van der Waals surface area contributed by atoms with E-state index in [0.29, 0.717) is 11.4 Å². The predicted molar refractivity (Wildman–Crippen MR) is 80.3 cm³/mol. The number of hydrogen-bond acceptors (Lipinski definition) is 5. The van der Waals surface area contributed by atoms with Crippen LogP contribution in [-0.4, -0.2) is 54.2 Å². The van der Waals surface area contributed by atoms with Crippen LogP contribution < -0.4 is 5.32 Å². The van der Waals surface area contributed by atoms with Crippen LogP contribution in [0.25, 0.3) is 0 Å². The Morgan fingerprint density at radius 2 is 2.25 bits per heavy atom. The molecule has 2 heterocycles. The van der Waals surface area contributed by atoms with Crippen LogP contribution in [0.1, 0.15) is 35.6 Å². The third-order valence-electron chi connectivity index (χ3n) is 4.12. The summed E-state index contributed by atoms with van der Waals surface area (Å²) in [4.78, 5) is 19.4. The van der Waals surface area contributed by atoms with Gasteiger partial charge in [-0.15, -0.1) is 11.3 Å². The van der Waals surface area contributed by atoms with Crippen LogP contribution in [0, 0.1) is 6.92 Å². The number of morpholine rings is 1. The van der Waals surface area contributed by atoms with Gasteiger partial charge in [-0.25, -0.2) is 4.98 Å². The molecule has 0 radical (unpaired) electrons. The van der Waals surface area contributed by atoms with Crippen molar-refractivity contribution in [2.45, 2.75) is 32.7 Å². The highest BCUT2D eigenvalue weighted by molar-refractivity contribution is 7.11. The fourth-order valence-corrected chi connectivity index (χ4v) is 3.15. The Kier molecular flexibility index (Phi) is 5.12. The Labute approximate surface area is 124 Å². The summed E-state index contributed by atoms with van der Waals surface area (Å²) in [5.41, 5.74) is 2.50. The predicted octanol–water partition coefficient (Wildman–Crippen LogP) is 1.68. The SMILES string of the molecule is CC[C@@](C)(CNC(=O)c1scnc1C)N1CCOCC1. The summed E-state index contributed by atoms with van der Waals surface area (Å²) < 4.78 is 5.40. The lowest BCUT2D eigenvalue weighted by Crippen LogP contribution is -2.56. The van der Waals surface area contributed by atoms with Gasteiger partial charge in [0.1, 0.15) is 4.88 Å². The first-order valence-corrected chi connectivity index (χ1v) is 7.96. The normalized spacial score (nSPS) is 19.6. The number of ether oxygens (including phenoxy) is 1. The molecule has 1 aliphatic rings. The van der Waals surface area contributed by atoms with Crippen LogP contribution in [0.4, 0.5) is 0 Å². The van der Waals surface area contributed by atoms with Gasteiger partial charge in [0.2, 0.25) is 0 Å². The van der Waals surface area contributed by atoms with Crippen molar-refractivity contribution in [1.82, 2.24) is 15.2 Å². The number of aromatic nitrogens is 1. The van der Waals surface area contributed by atoms with Gasteiger partial charge in [0, 0.05) is 25.2 Å². The molecule has 0 saturated carbocycles. The first kappa shape index (κ1) is 15.4. The van der Waals surface area contributed by atoms with Crippen LogP contribution in [0.15, 0.2) is 5.51 Å². The molecule has 0 aromatic carbocycles. The third kappa shape index (κ3) is 3.37. The van der Waals surface area contributed by atoms with Crippen LogP contribution in [-0.2, 0) is 4.74 Å². The molecule has 112 valence electrons. The van der Waals surface area contributed by atoms with E-state index in [1.54, 1.807) is 5.51 Å². The maximum atomic E-state index is 12.2. The van der Waals surface area contributed by atoms with E-state index in [-0.39, 0.29) is 11.4 Å². The zero-order valence-corrected chi connectivity index (χ0v) is 13.3. The van der Waals surface area contributed by atoms with E-state index in [4.69, 9.17) is 4.74 Å². The first-order valence-electron chi connectivity index (χ1n) is 7.08. The molecule has 0 unspecified atom stereocenters. The molecule has 1 saturated heterocycles. The number of nitrogens with zero attached hydrogens (tertiary/aromatic N) is 2. The molecule has 0 spiro atoms. The summed E-state index contributed by atoms with van der Waals surface area (Å²) in [6.45, 7) is 10.3. The van der Waals surface area contributed by atoms with Crippen LogP contribution >= 0.6 is 11.3 Å². The van der Waals surface area contributed by atoms with Crippen LogP contribution in [0.2, 0.25) is 0 Å². The van der Waals surface area contributed by atoms with Crippen molar-refractivity contribution in [2.24, 2.45) is 0 Å². The van der Waals surface area contributed by atoms with Crippen molar-refractivity contribution < 1.29 is 9.53 Å². The van der Waals surface area contributed by atoms with Gasteiger partial charge in [-0.05, 0) is 20.3 Å². The molecular weight excluding hydrogens is 274 g/mol. The number of carbonyl (C=O) groups is 1. The average molecular weight is 297 g/mol. The van der Waals surface area contributed by atoms with Gasteiger partial charge >= 0.3 is 0 Å². The summed E-state index contributed by atoms with van der Waals surface area (Å²) >= 11 is 1.39. The molecule has 1 aliphatic heterocycles. The highest BCUT2D eigenvalue weighted by atomic mass is 32.1. The molecule has 1 aromatic rings. The zero-order valence-electron chi connectivity index (χ0n) is 12.4. The Bertz CT molecular complexity index is 457. The molecule has 5 nitrogen and oxygen atoms in total. The number of nitrogens with one attached hydrogen (secondary N) is 1. The smallest absolute Gasteiger partial charge is 0.263 e. The van der Waals surface area contributed by atoms with Gasteiger partial charge in [0.05, 0.1) is 24.4 Å². The largest absolute Gasteiger partial charge is 0.379 e. The average Bonchev–Trinajstić information content (AvgIpc) is 2.91. The monoisotopic (exact) mass is 297 g/mol. The Balaban J connectivity index is 1.96. The third-order valence-corrected chi connectivity index (χ3v) is 5.05. The topological polar surface area (TPSA) is 54.5 Å². The Morgan fingerprint density at radius 1 is 1.55 bits per heavy atom. The number of carbonyl (C=O) groups excluding carboxylic acids is 1. The van der Waals surface area contributed by atoms with Gasteiger partial charge in [0.25, 0.3) is 5.91 Å². The van der Waals surface area contributed by atoms with Crippen molar-refractivity contribution in [3.05, 3.63) is 16.1 Å². The highest BCUT2D eigenvalue weighted by Gasteiger charge is 2.31. The van der Waals surface area contributed by atoms with Gasteiger partial charge in [-0.3, -0.25) is 9.69 Å². The van der Waals surface area contributed by atoms with E-state index in [1.807, 2.05) is 6.92 Å². The Morgan fingerprint density at radius 3 is 2.80 bits per heavy atom. The lowest BCUT2D eigenvalue weighted by Gasteiger charge is -2.43. The minimum absolute atomic E-state index is 0.0158. The molecule has 1 amide bonds. The van der Waals surface area contributed by atoms with Crippen molar-refractivity contribution in [3.8, 4) is 0 Å². The van der Waals surface area contributed by atoms with Crippen LogP contribution in [0.3, 0.4) is 0 Å². The number of amides is 1. The Hall–Kier alpha value is -0.980. The summed E-state index contributed by atoms with van der Waals surface area (Å²) in [5.74, 6) is -0.0158. The van der Waals surface area contributed by atoms with E-state index in [9.17, 15) is 4.79 Å². The molecule has 1 aromatic heterocycles. The molecule has 6 heteroatoms. The van der Waals surface area contributed by atoms with Crippen molar-refractivity contribution in [3.63, 3.8) is 0 Å². The van der Waals surface area contributed by atoms with E-state index in [0.717, 1.165) is 38.4 Å². The summed E-state index contributed by atoms with van der Waals surface area (Å²) in [6, 6.07) is 0. The summed E-state index contributed by atoms with van der Waals surface area (Å²) in [5, 5.41) is 3.06. The molecule has 20 heavy (non-hydrogen) atoms.